The van der Waals surface area contributed by atoms with Gasteiger partial charge in [-0.15, -0.1) is 0 Å². The van der Waals surface area contributed by atoms with E-state index < -0.39 is 0 Å². The molecule has 0 aliphatic heterocycles. The van der Waals surface area contributed by atoms with Crippen LogP contribution in [0.25, 0.3) is 11.0 Å². The van der Waals surface area contributed by atoms with Gasteiger partial charge in [-0.2, -0.15) is 0 Å². The molecule has 1 aromatic heterocycles. The van der Waals surface area contributed by atoms with E-state index in [0.29, 0.717) is 30.1 Å². The topological polar surface area (TPSA) is 56.5 Å². The summed E-state index contributed by atoms with van der Waals surface area (Å²) in [7, 11) is 0. The molecule has 2 aliphatic rings. The Morgan fingerprint density at radius 1 is 1.18 bits per heavy atom. The van der Waals surface area contributed by atoms with Crippen molar-refractivity contribution >= 4 is 16.8 Å². The van der Waals surface area contributed by atoms with Gasteiger partial charge in [-0.05, 0) is 41.5 Å². The molecule has 4 heteroatoms. The molecule has 3 atom stereocenters. The van der Waals surface area contributed by atoms with Crippen molar-refractivity contribution in [1.82, 2.24) is 0 Å². The summed E-state index contributed by atoms with van der Waals surface area (Å²) in [5, 5.41) is 0.858. The number of benzene rings is 1. The molecular weight excluding hydrogens is 352 g/mol. The summed E-state index contributed by atoms with van der Waals surface area (Å²) in [6.45, 7) is 11.1. The van der Waals surface area contributed by atoms with E-state index in [0.717, 1.165) is 17.4 Å². The highest BCUT2D eigenvalue weighted by molar-refractivity contribution is 5.86. The van der Waals surface area contributed by atoms with Crippen LogP contribution in [0.5, 0.6) is 5.75 Å². The first-order valence-electron chi connectivity index (χ1n) is 9.79. The number of carbonyl (C=O) groups is 1. The number of allylic oxidation sites excluding steroid dienone is 2. The van der Waals surface area contributed by atoms with Gasteiger partial charge in [0, 0.05) is 35.3 Å². The van der Waals surface area contributed by atoms with E-state index in [-0.39, 0.29) is 28.3 Å². The summed E-state index contributed by atoms with van der Waals surface area (Å²) >= 11 is 0. The van der Waals surface area contributed by atoms with Crippen molar-refractivity contribution in [2.75, 3.05) is 6.61 Å². The fraction of sp³-hybridized carbons (Fsp3) is 0.417. The predicted molar refractivity (Wildman–Crippen MR) is 109 cm³/mol. The van der Waals surface area contributed by atoms with E-state index in [9.17, 15) is 9.59 Å². The van der Waals surface area contributed by atoms with Gasteiger partial charge in [0.15, 0.2) is 0 Å². The normalized spacial score (nSPS) is 29.0. The van der Waals surface area contributed by atoms with Crippen LogP contribution in [0.1, 0.15) is 33.6 Å². The highest BCUT2D eigenvalue weighted by Crippen LogP contribution is 2.57. The molecule has 0 saturated heterocycles. The zero-order valence-corrected chi connectivity index (χ0v) is 16.7. The van der Waals surface area contributed by atoms with Gasteiger partial charge in [-0.25, -0.2) is 4.79 Å². The standard InChI is InChI=1S/C24H26O4/c1-15-5-9-20-23(2,3)21(25)11-12-24(20,4)18(15)14-27-17-8-6-16-7-10-22(26)28-19(16)13-17/h5-10,13,18,20H,1,11-12,14H2,2-4H3/t18-,20-,24+/m0/s1. The Bertz CT molecular complexity index is 1040. The summed E-state index contributed by atoms with van der Waals surface area (Å²) in [5.74, 6) is 1.27. The molecule has 2 aliphatic carbocycles. The van der Waals surface area contributed by atoms with Crippen molar-refractivity contribution < 1.29 is 13.9 Å². The van der Waals surface area contributed by atoms with Crippen molar-refractivity contribution in [3.05, 3.63) is 65.1 Å². The maximum atomic E-state index is 12.5. The average Bonchev–Trinajstić information content (AvgIpc) is 2.64. The first kappa shape index (κ1) is 18.7. The molecule has 28 heavy (non-hydrogen) atoms. The number of ketones is 1. The largest absolute Gasteiger partial charge is 0.493 e. The summed E-state index contributed by atoms with van der Waals surface area (Å²) in [6, 6.07) is 8.68. The number of fused-ring (bicyclic) bond motifs is 2. The third-order valence-electron chi connectivity index (χ3n) is 6.85. The zero-order valence-electron chi connectivity index (χ0n) is 16.7. The molecule has 1 fully saturated rings. The van der Waals surface area contributed by atoms with E-state index in [1.54, 1.807) is 12.1 Å². The Morgan fingerprint density at radius 3 is 2.71 bits per heavy atom. The first-order valence-corrected chi connectivity index (χ1v) is 9.79. The summed E-state index contributed by atoms with van der Waals surface area (Å²) in [5.41, 5.74) is 0.721. The van der Waals surface area contributed by atoms with E-state index in [4.69, 9.17) is 9.15 Å². The maximum absolute atomic E-state index is 12.5. The lowest BCUT2D eigenvalue weighted by Gasteiger charge is -2.54. The summed E-state index contributed by atoms with van der Waals surface area (Å²) < 4.78 is 11.4. The smallest absolute Gasteiger partial charge is 0.336 e. The molecule has 4 nitrogen and oxygen atoms in total. The Labute approximate surface area is 164 Å². The lowest BCUT2D eigenvalue weighted by atomic mass is 9.49. The Balaban J connectivity index is 1.60. The number of rotatable bonds is 3. The van der Waals surface area contributed by atoms with Crippen LogP contribution in [0.4, 0.5) is 0 Å². The van der Waals surface area contributed by atoms with Crippen molar-refractivity contribution in [1.29, 1.82) is 0 Å². The van der Waals surface area contributed by atoms with Crippen LogP contribution in [0.2, 0.25) is 0 Å². The zero-order chi connectivity index (χ0) is 20.1. The fourth-order valence-electron chi connectivity index (χ4n) is 5.08. The molecular formula is C24H26O4. The van der Waals surface area contributed by atoms with Gasteiger partial charge in [-0.1, -0.05) is 39.5 Å². The minimum atomic E-state index is -0.380. The maximum Gasteiger partial charge on any atom is 0.336 e. The van der Waals surface area contributed by atoms with E-state index in [1.807, 2.05) is 12.1 Å². The molecule has 1 saturated carbocycles. The molecule has 4 rings (SSSR count). The number of hydrogen-bond acceptors (Lipinski definition) is 4. The minimum Gasteiger partial charge on any atom is -0.493 e. The van der Waals surface area contributed by atoms with Crippen LogP contribution in [0.3, 0.4) is 0 Å². The van der Waals surface area contributed by atoms with Gasteiger partial charge in [0.05, 0.1) is 6.61 Å². The number of ether oxygens (including phenoxy) is 1. The van der Waals surface area contributed by atoms with Crippen LogP contribution in [0.15, 0.2) is 63.8 Å². The molecule has 0 spiro atoms. The van der Waals surface area contributed by atoms with Gasteiger partial charge < -0.3 is 9.15 Å². The second-order valence-electron chi connectivity index (χ2n) is 8.88. The Kier molecular flexibility index (Phi) is 4.33. The predicted octanol–water partition coefficient (Wildman–Crippen LogP) is 4.93. The molecule has 0 amide bonds. The number of hydrogen-bond donors (Lipinski definition) is 0. The quantitative estimate of drug-likeness (QED) is 0.711. The van der Waals surface area contributed by atoms with Crippen molar-refractivity contribution in [2.45, 2.75) is 33.6 Å². The highest BCUT2D eigenvalue weighted by atomic mass is 16.5. The highest BCUT2D eigenvalue weighted by Gasteiger charge is 2.54. The lowest BCUT2D eigenvalue weighted by Crippen LogP contribution is -2.52. The van der Waals surface area contributed by atoms with E-state index in [2.05, 4.69) is 39.5 Å². The van der Waals surface area contributed by atoms with Gasteiger partial charge in [-0.3, -0.25) is 4.79 Å². The molecule has 0 unspecified atom stereocenters. The molecule has 2 aromatic rings. The second-order valence-corrected chi connectivity index (χ2v) is 8.88. The van der Waals surface area contributed by atoms with Crippen molar-refractivity contribution in [2.24, 2.45) is 22.7 Å². The van der Waals surface area contributed by atoms with Gasteiger partial charge in [0.2, 0.25) is 0 Å². The van der Waals surface area contributed by atoms with Crippen molar-refractivity contribution in [3.63, 3.8) is 0 Å². The van der Waals surface area contributed by atoms with E-state index >= 15 is 0 Å². The van der Waals surface area contributed by atoms with Gasteiger partial charge in [0.1, 0.15) is 17.1 Å². The monoisotopic (exact) mass is 378 g/mol. The third kappa shape index (κ3) is 2.92. The molecule has 1 aromatic carbocycles. The van der Waals surface area contributed by atoms with Crippen LogP contribution < -0.4 is 10.4 Å². The Hall–Kier alpha value is -2.62. The summed E-state index contributed by atoms with van der Waals surface area (Å²) in [6.07, 6.45) is 5.66. The van der Waals surface area contributed by atoms with Crippen molar-refractivity contribution in [3.8, 4) is 5.75 Å². The van der Waals surface area contributed by atoms with Crippen LogP contribution in [0, 0.1) is 22.7 Å². The fourth-order valence-corrected chi connectivity index (χ4v) is 5.08. The number of carbonyl (C=O) groups excluding carboxylic acids is 1. The molecule has 146 valence electrons. The Morgan fingerprint density at radius 2 is 1.93 bits per heavy atom. The molecule has 1 heterocycles. The summed E-state index contributed by atoms with van der Waals surface area (Å²) in [4.78, 5) is 24.0. The van der Waals surface area contributed by atoms with Crippen LogP contribution in [-0.4, -0.2) is 12.4 Å². The van der Waals surface area contributed by atoms with Crippen LogP contribution >= 0.6 is 0 Å². The van der Waals surface area contributed by atoms with E-state index in [1.165, 1.54) is 6.07 Å². The third-order valence-corrected chi connectivity index (χ3v) is 6.85. The second kappa shape index (κ2) is 6.47. The number of Topliss-reactive ketones (excluding diaryl/α,β-unsaturated/α-hetero) is 1. The average molecular weight is 378 g/mol. The minimum absolute atomic E-state index is 0.0767. The van der Waals surface area contributed by atoms with Crippen LogP contribution in [-0.2, 0) is 4.79 Å². The molecule has 0 N–H and O–H groups in total. The van der Waals surface area contributed by atoms with Gasteiger partial charge in [0.25, 0.3) is 0 Å². The van der Waals surface area contributed by atoms with Gasteiger partial charge >= 0.3 is 5.63 Å². The molecule has 0 bridgehead atoms. The molecule has 0 radical (unpaired) electrons. The first-order chi connectivity index (χ1) is 13.2. The lowest BCUT2D eigenvalue weighted by molar-refractivity contribution is -0.139. The SMILES string of the molecule is C=C1C=C[C@H]2C(C)(C)C(=O)CC[C@]2(C)[C@H]1COc1ccc2ccc(=O)oc2c1.